The summed E-state index contributed by atoms with van der Waals surface area (Å²) in [6.07, 6.45) is 13.4. The molecular formula is C11H8N2. The van der Waals surface area contributed by atoms with E-state index in [9.17, 15) is 0 Å². The van der Waals surface area contributed by atoms with E-state index in [1.807, 2.05) is 36.5 Å². The van der Waals surface area contributed by atoms with Crippen LogP contribution in [0.4, 0.5) is 0 Å². The van der Waals surface area contributed by atoms with Gasteiger partial charge in [0.15, 0.2) is 0 Å². The number of nitrogens with zero attached hydrogens (tertiary/aromatic N) is 1. The van der Waals surface area contributed by atoms with Crippen molar-refractivity contribution >= 4 is 0 Å². The van der Waals surface area contributed by atoms with Crippen molar-refractivity contribution < 1.29 is 0 Å². The highest BCUT2D eigenvalue weighted by atomic mass is 14.9. The molecule has 0 aromatic carbocycles. The number of nitriles is 1. The molecular weight excluding hydrogens is 160 g/mol. The van der Waals surface area contributed by atoms with E-state index in [1.54, 1.807) is 6.20 Å². The molecule has 1 aliphatic carbocycles. The summed E-state index contributed by atoms with van der Waals surface area (Å²) in [5, 5.41) is 11.8. The summed E-state index contributed by atoms with van der Waals surface area (Å²) in [7, 11) is 0. The van der Waals surface area contributed by atoms with Gasteiger partial charge in [-0.25, -0.2) is 0 Å². The van der Waals surface area contributed by atoms with Crippen LogP contribution < -0.4 is 5.32 Å². The molecule has 0 bridgehead atoms. The second kappa shape index (κ2) is 3.16. The van der Waals surface area contributed by atoms with Crippen molar-refractivity contribution in [3.8, 4) is 6.07 Å². The summed E-state index contributed by atoms with van der Waals surface area (Å²) >= 11 is 0. The van der Waals surface area contributed by atoms with E-state index >= 15 is 0 Å². The van der Waals surface area contributed by atoms with E-state index in [1.165, 1.54) is 0 Å². The van der Waals surface area contributed by atoms with Crippen LogP contribution in [0.5, 0.6) is 0 Å². The smallest absolute Gasteiger partial charge is 0.101 e. The Labute approximate surface area is 76.9 Å². The first-order valence-electron chi connectivity index (χ1n) is 4.04. The maximum atomic E-state index is 8.69. The van der Waals surface area contributed by atoms with Gasteiger partial charge in [0.05, 0.1) is 5.57 Å². The topological polar surface area (TPSA) is 35.8 Å². The first-order valence-corrected chi connectivity index (χ1v) is 4.04. The highest BCUT2D eigenvalue weighted by Crippen LogP contribution is 2.18. The quantitative estimate of drug-likeness (QED) is 0.600. The summed E-state index contributed by atoms with van der Waals surface area (Å²) in [6.45, 7) is 0. The minimum Gasteiger partial charge on any atom is -0.360 e. The Morgan fingerprint density at radius 2 is 2.15 bits per heavy atom. The Hall–Kier alpha value is -2.01. The van der Waals surface area contributed by atoms with Crippen molar-refractivity contribution in [1.29, 1.82) is 5.26 Å². The predicted molar refractivity (Wildman–Crippen MR) is 51.3 cm³/mol. The van der Waals surface area contributed by atoms with Crippen LogP contribution >= 0.6 is 0 Å². The van der Waals surface area contributed by atoms with Gasteiger partial charge in [-0.15, -0.1) is 0 Å². The summed E-state index contributed by atoms with van der Waals surface area (Å²) in [5.41, 5.74) is 2.73. The fourth-order valence-corrected chi connectivity index (χ4v) is 1.25. The van der Waals surface area contributed by atoms with Gasteiger partial charge in [-0.05, 0) is 17.7 Å². The van der Waals surface area contributed by atoms with Crippen LogP contribution in [0.25, 0.3) is 0 Å². The first kappa shape index (κ1) is 7.63. The van der Waals surface area contributed by atoms with Gasteiger partial charge in [-0.1, -0.05) is 24.3 Å². The molecule has 0 saturated carbocycles. The van der Waals surface area contributed by atoms with E-state index in [4.69, 9.17) is 5.26 Å². The van der Waals surface area contributed by atoms with Crippen molar-refractivity contribution in [3.05, 3.63) is 59.5 Å². The zero-order chi connectivity index (χ0) is 9.10. The minimum atomic E-state index is 0.652. The van der Waals surface area contributed by atoms with E-state index in [0.29, 0.717) is 5.57 Å². The predicted octanol–water partition coefficient (Wildman–Crippen LogP) is 1.93. The number of dihydropyridines is 1. The SMILES string of the molecule is N#CC1=CNC2=CC=CC=CC2=C1. The molecule has 0 radical (unpaired) electrons. The van der Waals surface area contributed by atoms with Crippen LogP contribution in [0.1, 0.15) is 0 Å². The highest BCUT2D eigenvalue weighted by Gasteiger charge is 2.07. The van der Waals surface area contributed by atoms with Crippen molar-refractivity contribution in [2.24, 2.45) is 0 Å². The molecule has 13 heavy (non-hydrogen) atoms. The van der Waals surface area contributed by atoms with Crippen molar-refractivity contribution in [2.45, 2.75) is 0 Å². The lowest BCUT2D eigenvalue weighted by Crippen LogP contribution is -2.11. The molecule has 0 unspecified atom stereocenters. The fraction of sp³-hybridized carbons (Fsp3) is 0. The van der Waals surface area contributed by atoms with Gasteiger partial charge in [0.2, 0.25) is 0 Å². The molecule has 62 valence electrons. The molecule has 2 heteroatoms. The van der Waals surface area contributed by atoms with Crippen LogP contribution in [0, 0.1) is 11.3 Å². The van der Waals surface area contributed by atoms with E-state index < -0.39 is 0 Å². The zero-order valence-electron chi connectivity index (χ0n) is 6.99. The van der Waals surface area contributed by atoms with Gasteiger partial charge in [0, 0.05) is 11.9 Å². The van der Waals surface area contributed by atoms with Gasteiger partial charge in [-0.2, -0.15) is 5.26 Å². The molecule has 2 nitrogen and oxygen atoms in total. The Balaban J connectivity index is 2.42. The lowest BCUT2D eigenvalue weighted by atomic mass is 10.1. The Bertz CT molecular complexity index is 412. The molecule has 2 rings (SSSR count). The molecule has 1 heterocycles. The molecule has 0 amide bonds. The number of fused-ring (bicyclic) bond motifs is 1. The number of hydrogen-bond donors (Lipinski definition) is 1. The van der Waals surface area contributed by atoms with Crippen molar-refractivity contribution in [3.63, 3.8) is 0 Å². The van der Waals surface area contributed by atoms with Crippen molar-refractivity contribution in [2.75, 3.05) is 0 Å². The van der Waals surface area contributed by atoms with Crippen LogP contribution in [0.3, 0.4) is 0 Å². The van der Waals surface area contributed by atoms with E-state index in [-0.39, 0.29) is 0 Å². The average molecular weight is 168 g/mol. The second-order valence-electron chi connectivity index (χ2n) is 2.78. The molecule has 0 fully saturated rings. The second-order valence-corrected chi connectivity index (χ2v) is 2.78. The molecule has 1 N–H and O–H groups in total. The third-order valence-electron chi connectivity index (χ3n) is 1.90. The van der Waals surface area contributed by atoms with Crippen LogP contribution in [0.15, 0.2) is 59.5 Å². The fourth-order valence-electron chi connectivity index (χ4n) is 1.25. The van der Waals surface area contributed by atoms with Crippen LogP contribution in [-0.2, 0) is 0 Å². The van der Waals surface area contributed by atoms with Gasteiger partial charge in [0.25, 0.3) is 0 Å². The molecule has 0 aromatic heterocycles. The summed E-state index contributed by atoms with van der Waals surface area (Å²) < 4.78 is 0. The summed E-state index contributed by atoms with van der Waals surface area (Å²) in [4.78, 5) is 0. The molecule has 0 saturated heterocycles. The monoisotopic (exact) mass is 168 g/mol. The summed E-state index contributed by atoms with van der Waals surface area (Å²) in [5.74, 6) is 0. The van der Waals surface area contributed by atoms with Crippen LogP contribution in [0.2, 0.25) is 0 Å². The van der Waals surface area contributed by atoms with E-state index in [2.05, 4.69) is 11.4 Å². The minimum absolute atomic E-state index is 0.652. The number of nitrogens with one attached hydrogen (secondary N) is 1. The summed E-state index contributed by atoms with van der Waals surface area (Å²) in [6, 6.07) is 2.10. The lowest BCUT2D eigenvalue weighted by molar-refractivity contribution is 1.06. The average Bonchev–Trinajstić information content (AvgIpc) is 2.41. The maximum Gasteiger partial charge on any atom is 0.101 e. The Kier molecular flexibility index (Phi) is 1.85. The zero-order valence-corrected chi connectivity index (χ0v) is 6.99. The molecule has 0 aromatic rings. The number of hydrogen-bond acceptors (Lipinski definition) is 2. The molecule has 0 atom stereocenters. The van der Waals surface area contributed by atoms with Gasteiger partial charge in [-0.3, -0.25) is 0 Å². The third kappa shape index (κ3) is 1.45. The molecule has 0 spiro atoms. The number of rotatable bonds is 0. The molecule has 1 aliphatic heterocycles. The first-order chi connectivity index (χ1) is 6.40. The highest BCUT2D eigenvalue weighted by molar-refractivity contribution is 5.53. The molecule has 2 aliphatic rings. The lowest BCUT2D eigenvalue weighted by Gasteiger charge is -2.12. The van der Waals surface area contributed by atoms with Gasteiger partial charge < -0.3 is 5.32 Å². The third-order valence-corrected chi connectivity index (χ3v) is 1.90. The van der Waals surface area contributed by atoms with Gasteiger partial charge in [0.1, 0.15) is 6.07 Å². The van der Waals surface area contributed by atoms with Crippen LogP contribution in [-0.4, -0.2) is 0 Å². The van der Waals surface area contributed by atoms with Crippen molar-refractivity contribution in [1.82, 2.24) is 5.32 Å². The standard InChI is InChI=1S/C11H8N2/c12-7-9-6-10-4-2-1-3-5-11(10)13-8-9/h1-6,8,13H. The van der Waals surface area contributed by atoms with Gasteiger partial charge >= 0.3 is 0 Å². The number of allylic oxidation sites excluding steroid dienone is 7. The largest absolute Gasteiger partial charge is 0.360 e. The Morgan fingerprint density at radius 1 is 1.23 bits per heavy atom. The maximum absolute atomic E-state index is 8.69. The normalized spacial score (nSPS) is 18.5. The Morgan fingerprint density at radius 3 is 3.00 bits per heavy atom. The van der Waals surface area contributed by atoms with E-state index in [0.717, 1.165) is 11.3 Å².